The molecule has 0 saturated heterocycles. The fourth-order valence-electron chi connectivity index (χ4n) is 0. The SMILES string of the molecule is CC(C)(C)[NH-].CC(C)(C)[NH-].CC(C)(C)[NH-].CC(C)(C)[NH-].[Ti+4]. The first-order valence-electron chi connectivity index (χ1n) is 7.00. The number of nitrogens with one attached hydrogen (secondary N) is 4. The summed E-state index contributed by atoms with van der Waals surface area (Å²) in [5, 5.41) is 0. The van der Waals surface area contributed by atoms with Crippen molar-refractivity contribution in [3.63, 3.8) is 0 Å². The molecule has 0 aromatic heterocycles. The van der Waals surface area contributed by atoms with Crippen LogP contribution in [-0.2, 0) is 21.7 Å². The number of hydrogen-bond acceptors (Lipinski definition) is 0. The first kappa shape index (κ1) is 33.2. The maximum absolute atomic E-state index is 6.94. The Kier molecular flexibility index (Phi) is 20.6. The molecule has 0 fully saturated rings. The molecule has 0 aliphatic rings. The van der Waals surface area contributed by atoms with E-state index >= 15 is 0 Å². The van der Waals surface area contributed by atoms with Crippen molar-refractivity contribution >= 4 is 0 Å². The molecule has 128 valence electrons. The van der Waals surface area contributed by atoms with Gasteiger partial charge in [-0.15, -0.1) is 22.2 Å². The summed E-state index contributed by atoms with van der Waals surface area (Å²) >= 11 is 0. The largest absolute Gasteiger partial charge is 4.00 e. The molecule has 0 aliphatic carbocycles. The third-order valence-electron chi connectivity index (χ3n) is 0. The third-order valence-corrected chi connectivity index (χ3v) is 0. The van der Waals surface area contributed by atoms with Gasteiger partial charge in [-0.3, -0.25) is 0 Å². The zero-order chi connectivity index (χ0) is 18.0. The second-order valence-corrected chi connectivity index (χ2v) is 9.00. The molecule has 21 heavy (non-hydrogen) atoms. The van der Waals surface area contributed by atoms with Crippen LogP contribution in [0.25, 0.3) is 22.9 Å². The van der Waals surface area contributed by atoms with Gasteiger partial charge in [0.15, 0.2) is 0 Å². The Bertz CT molecular complexity index is 130. The zero-order valence-corrected chi connectivity index (χ0v) is 18.1. The van der Waals surface area contributed by atoms with Gasteiger partial charge in [0.1, 0.15) is 0 Å². The van der Waals surface area contributed by atoms with E-state index in [4.69, 9.17) is 22.9 Å². The van der Waals surface area contributed by atoms with Gasteiger partial charge in [-0.05, 0) is 0 Å². The quantitative estimate of drug-likeness (QED) is 0.413. The normalized spacial score (nSPS) is 11.4. The summed E-state index contributed by atoms with van der Waals surface area (Å²) in [6.45, 7) is 22.3. The average Bonchev–Trinajstić information content (AvgIpc) is 1.62. The van der Waals surface area contributed by atoms with Crippen molar-refractivity contribution in [2.24, 2.45) is 0 Å². The van der Waals surface area contributed by atoms with E-state index in [1.807, 2.05) is 83.1 Å². The number of rotatable bonds is 0. The van der Waals surface area contributed by atoms with Gasteiger partial charge < -0.3 is 22.9 Å². The van der Waals surface area contributed by atoms with E-state index in [0.717, 1.165) is 0 Å². The standard InChI is InChI=1S/4C4H10N.Ti/c4*1-4(2,3)5;/h4*5H,1-3H3;/q4*-1;+4. The Labute approximate surface area is 150 Å². The summed E-state index contributed by atoms with van der Waals surface area (Å²) < 4.78 is 0. The van der Waals surface area contributed by atoms with E-state index in [2.05, 4.69) is 0 Å². The molecule has 0 unspecified atom stereocenters. The molecular formula is C16H40N4Ti. The van der Waals surface area contributed by atoms with E-state index < -0.39 is 0 Å². The van der Waals surface area contributed by atoms with E-state index in [0.29, 0.717) is 0 Å². The van der Waals surface area contributed by atoms with Crippen LogP contribution < -0.4 is 0 Å². The minimum absolute atomic E-state index is 0. The summed E-state index contributed by atoms with van der Waals surface area (Å²) in [4.78, 5) is 0. The van der Waals surface area contributed by atoms with E-state index in [-0.39, 0.29) is 43.9 Å². The Morgan fingerprint density at radius 1 is 0.333 bits per heavy atom. The second kappa shape index (κ2) is 13.0. The molecule has 5 heteroatoms. The van der Waals surface area contributed by atoms with Crippen molar-refractivity contribution in [3.8, 4) is 0 Å². The Hall–Kier alpha value is 0.554. The number of hydrogen-bond donors (Lipinski definition) is 0. The molecule has 0 atom stereocenters. The van der Waals surface area contributed by atoms with Crippen LogP contribution in [0.15, 0.2) is 0 Å². The fraction of sp³-hybridized carbons (Fsp3) is 1.00. The van der Waals surface area contributed by atoms with Crippen LogP contribution in [0.5, 0.6) is 0 Å². The molecule has 0 aromatic carbocycles. The van der Waals surface area contributed by atoms with Gasteiger partial charge in [-0.1, -0.05) is 83.1 Å². The summed E-state index contributed by atoms with van der Waals surface area (Å²) in [6, 6.07) is 0. The molecule has 0 aromatic rings. The van der Waals surface area contributed by atoms with Crippen molar-refractivity contribution in [1.29, 1.82) is 0 Å². The van der Waals surface area contributed by atoms with Crippen molar-refractivity contribution in [2.45, 2.75) is 105 Å². The molecule has 4 nitrogen and oxygen atoms in total. The van der Waals surface area contributed by atoms with Crippen molar-refractivity contribution in [3.05, 3.63) is 22.9 Å². The Morgan fingerprint density at radius 3 is 0.333 bits per heavy atom. The maximum atomic E-state index is 6.94. The molecule has 0 aliphatic heterocycles. The van der Waals surface area contributed by atoms with Crippen LogP contribution in [0.4, 0.5) is 0 Å². The molecule has 4 N–H and O–H groups in total. The average molecular weight is 336 g/mol. The summed E-state index contributed by atoms with van der Waals surface area (Å²) in [6.07, 6.45) is 0. The molecule has 0 saturated carbocycles. The van der Waals surface area contributed by atoms with E-state index in [9.17, 15) is 0 Å². The smallest absolute Gasteiger partial charge is 0.673 e. The summed E-state index contributed by atoms with van der Waals surface area (Å²) in [5.74, 6) is 0. The van der Waals surface area contributed by atoms with Gasteiger partial charge in [-0.2, -0.15) is 0 Å². The molecule has 0 spiro atoms. The minimum atomic E-state index is -0.250. The van der Waals surface area contributed by atoms with Gasteiger partial charge in [0.2, 0.25) is 0 Å². The fourth-order valence-corrected chi connectivity index (χ4v) is 0. The monoisotopic (exact) mass is 336 g/mol. The maximum Gasteiger partial charge on any atom is 4.00 e. The summed E-state index contributed by atoms with van der Waals surface area (Å²) in [5.41, 5.74) is 26.8. The van der Waals surface area contributed by atoms with Crippen molar-refractivity contribution in [1.82, 2.24) is 0 Å². The van der Waals surface area contributed by atoms with Gasteiger partial charge in [0.25, 0.3) is 0 Å². The molecule has 0 bridgehead atoms. The van der Waals surface area contributed by atoms with Crippen LogP contribution in [0.3, 0.4) is 0 Å². The van der Waals surface area contributed by atoms with Crippen LogP contribution in [0.1, 0.15) is 83.1 Å². The second-order valence-electron chi connectivity index (χ2n) is 9.00. The predicted molar refractivity (Wildman–Crippen MR) is 96.3 cm³/mol. The molecule has 0 rings (SSSR count). The van der Waals surface area contributed by atoms with Gasteiger partial charge in [-0.25, -0.2) is 0 Å². The van der Waals surface area contributed by atoms with Crippen LogP contribution in [-0.4, -0.2) is 22.2 Å². The topological polar surface area (TPSA) is 95.2 Å². The Balaban J connectivity index is -0.0000000533. The van der Waals surface area contributed by atoms with Gasteiger partial charge >= 0.3 is 21.7 Å². The Morgan fingerprint density at radius 2 is 0.333 bits per heavy atom. The predicted octanol–water partition coefficient (Wildman–Crippen LogP) is 7.35. The van der Waals surface area contributed by atoms with Gasteiger partial charge in [0.05, 0.1) is 0 Å². The van der Waals surface area contributed by atoms with E-state index in [1.54, 1.807) is 0 Å². The van der Waals surface area contributed by atoms with Crippen molar-refractivity contribution in [2.75, 3.05) is 0 Å². The van der Waals surface area contributed by atoms with Crippen LogP contribution in [0, 0.1) is 0 Å². The minimum Gasteiger partial charge on any atom is -0.673 e. The summed E-state index contributed by atoms with van der Waals surface area (Å²) in [7, 11) is 0. The van der Waals surface area contributed by atoms with Gasteiger partial charge in [0, 0.05) is 0 Å². The molecule has 0 amide bonds. The first-order chi connectivity index (χ1) is 8.00. The first-order valence-corrected chi connectivity index (χ1v) is 7.00. The molecule has 0 heterocycles. The van der Waals surface area contributed by atoms with Crippen molar-refractivity contribution < 1.29 is 21.7 Å². The molecule has 0 radical (unpaired) electrons. The van der Waals surface area contributed by atoms with Crippen LogP contribution >= 0.6 is 0 Å². The zero-order valence-electron chi connectivity index (χ0n) is 16.5. The molecular weight excluding hydrogens is 296 g/mol. The van der Waals surface area contributed by atoms with Crippen LogP contribution in [0.2, 0.25) is 0 Å². The van der Waals surface area contributed by atoms with E-state index in [1.165, 1.54) is 0 Å². The third kappa shape index (κ3) is 23000.